The number of ether oxygens (including phenoxy) is 1. The summed E-state index contributed by atoms with van der Waals surface area (Å²) in [6, 6.07) is 7.05. The molecule has 2 nitrogen and oxygen atoms in total. The van der Waals surface area contributed by atoms with Gasteiger partial charge >= 0.3 is 0 Å². The highest BCUT2D eigenvalue weighted by molar-refractivity contribution is 5.38. The number of nitrogens with one attached hydrogen (secondary N) is 1. The molecule has 1 aliphatic carbocycles. The number of rotatable bonds is 7. The van der Waals surface area contributed by atoms with Gasteiger partial charge in [-0.1, -0.05) is 19.9 Å². The van der Waals surface area contributed by atoms with Gasteiger partial charge in [0.15, 0.2) is 0 Å². The number of hydrogen-bond acceptors (Lipinski definition) is 2. The Kier molecular flexibility index (Phi) is 5.26. The minimum absolute atomic E-state index is 0.219. The second-order valence-corrected chi connectivity index (χ2v) is 5.58. The predicted octanol–water partition coefficient (Wildman–Crippen LogP) is 3.72. The second kappa shape index (κ2) is 6.95. The quantitative estimate of drug-likeness (QED) is 0.807. The van der Waals surface area contributed by atoms with Gasteiger partial charge in [0.25, 0.3) is 0 Å². The van der Waals surface area contributed by atoms with Crippen LogP contribution in [0.2, 0.25) is 0 Å². The number of aryl methyl sites for hydroxylation is 2. The van der Waals surface area contributed by atoms with E-state index in [0.717, 1.165) is 18.7 Å². The van der Waals surface area contributed by atoms with Crippen LogP contribution in [0.4, 0.5) is 0 Å². The van der Waals surface area contributed by atoms with Crippen LogP contribution < -0.4 is 10.1 Å². The molecule has 0 bridgehead atoms. The first-order valence-corrected chi connectivity index (χ1v) is 7.76. The van der Waals surface area contributed by atoms with Gasteiger partial charge in [0.2, 0.25) is 0 Å². The molecule has 1 aliphatic rings. The lowest BCUT2D eigenvalue weighted by atomic mass is 10.1. The monoisotopic (exact) mass is 261 g/mol. The van der Waals surface area contributed by atoms with E-state index in [4.69, 9.17) is 4.74 Å². The summed E-state index contributed by atoms with van der Waals surface area (Å²) < 4.78 is 6.13. The van der Waals surface area contributed by atoms with E-state index < -0.39 is 0 Å². The SMILES string of the molecule is CCCNC(CC)C(C)Oc1ccc2c(c1)CCC2. The Bertz CT molecular complexity index is 402. The molecule has 2 heteroatoms. The zero-order chi connectivity index (χ0) is 13.7. The van der Waals surface area contributed by atoms with E-state index in [2.05, 4.69) is 44.3 Å². The molecule has 2 rings (SSSR count). The van der Waals surface area contributed by atoms with Crippen LogP contribution in [0.1, 0.15) is 51.2 Å². The van der Waals surface area contributed by atoms with E-state index in [-0.39, 0.29) is 6.10 Å². The molecule has 0 saturated carbocycles. The van der Waals surface area contributed by atoms with Gasteiger partial charge in [-0.05, 0) is 68.8 Å². The largest absolute Gasteiger partial charge is 0.489 e. The highest BCUT2D eigenvalue weighted by atomic mass is 16.5. The summed E-state index contributed by atoms with van der Waals surface area (Å²) in [6.45, 7) is 7.65. The number of fused-ring (bicyclic) bond motifs is 1. The van der Waals surface area contributed by atoms with E-state index in [0.29, 0.717) is 6.04 Å². The molecule has 19 heavy (non-hydrogen) atoms. The van der Waals surface area contributed by atoms with Crippen molar-refractivity contribution in [1.82, 2.24) is 5.32 Å². The standard InChI is InChI=1S/C17H27NO/c1-4-11-18-17(5-2)13(3)19-16-10-9-14-7-6-8-15(14)12-16/h9-10,12-13,17-18H,4-8,11H2,1-3H3. The van der Waals surface area contributed by atoms with Crippen molar-refractivity contribution in [2.24, 2.45) is 0 Å². The van der Waals surface area contributed by atoms with Crippen LogP contribution >= 0.6 is 0 Å². The molecule has 0 aromatic heterocycles. The molecule has 0 heterocycles. The van der Waals surface area contributed by atoms with Crippen LogP contribution in [0.5, 0.6) is 5.75 Å². The Morgan fingerprint density at radius 3 is 2.74 bits per heavy atom. The summed E-state index contributed by atoms with van der Waals surface area (Å²) in [6.07, 6.45) is 6.24. The van der Waals surface area contributed by atoms with Crippen LogP contribution in [0.25, 0.3) is 0 Å². The van der Waals surface area contributed by atoms with Gasteiger partial charge in [0, 0.05) is 6.04 Å². The summed E-state index contributed by atoms with van der Waals surface area (Å²) in [4.78, 5) is 0. The summed E-state index contributed by atoms with van der Waals surface area (Å²) in [5.41, 5.74) is 3.00. The van der Waals surface area contributed by atoms with Gasteiger partial charge < -0.3 is 10.1 Å². The maximum Gasteiger partial charge on any atom is 0.120 e. The minimum Gasteiger partial charge on any atom is -0.489 e. The molecule has 0 spiro atoms. The van der Waals surface area contributed by atoms with Gasteiger partial charge in [0.1, 0.15) is 11.9 Å². The molecule has 1 aromatic carbocycles. The Hall–Kier alpha value is -1.02. The Morgan fingerprint density at radius 1 is 1.21 bits per heavy atom. The minimum atomic E-state index is 0.219. The van der Waals surface area contributed by atoms with Gasteiger partial charge in [0.05, 0.1) is 0 Å². The van der Waals surface area contributed by atoms with Crippen LogP contribution in [0.3, 0.4) is 0 Å². The molecular weight excluding hydrogens is 234 g/mol. The van der Waals surface area contributed by atoms with Crippen molar-refractivity contribution in [2.45, 2.75) is 65.0 Å². The van der Waals surface area contributed by atoms with Gasteiger partial charge in [-0.25, -0.2) is 0 Å². The molecular formula is C17H27NO. The third-order valence-electron chi connectivity index (χ3n) is 4.05. The van der Waals surface area contributed by atoms with Crippen LogP contribution in [0, 0.1) is 0 Å². The summed E-state index contributed by atoms with van der Waals surface area (Å²) in [5.74, 6) is 1.03. The first kappa shape index (κ1) is 14.4. The van der Waals surface area contributed by atoms with Gasteiger partial charge in [-0.2, -0.15) is 0 Å². The highest BCUT2D eigenvalue weighted by Crippen LogP contribution is 2.26. The average molecular weight is 261 g/mol. The van der Waals surface area contributed by atoms with Crippen molar-refractivity contribution in [3.05, 3.63) is 29.3 Å². The van der Waals surface area contributed by atoms with Crippen molar-refractivity contribution in [1.29, 1.82) is 0 Å². The molecule has 1 N–H and O–H groups in total. The van der Waals surface area contributed by atoms with Crippen molar-refractivity contribution >= 4 is 0 Å². The molecule has 0 saturated heterocycles. The van der Waals surface area contributed by atoms with E-state index in [9.17, 15) is 0 Å². The zero-order valence-electron chi connectivity index (χ0n) is 12.5. The molecule has 106 valence electrons. The van der Waals surface area contributed by atoms with Gasteiger partial charge in [-0.3, -0.25) is 0 Å². The van der Waals surface area contributed by atoms with E-state index >= 15 is 0 Å². The first-order valence-electron chi connectivity index (χ1n) is 7.76. The first-order chi connectivity index (χ1) is 9.24. The van der Waals surface area contributed by atoms with Crippen molar-refractivity contribution < 1.29 is 4.74 Å². The fourth-order valence-electron chi connectivity index (χ4n) is 2.89. The summed E-state index contributed by atoms with van der Waals surface area (Å²) >= 11 is 0. The lowest BCUT2D eigenvalue weighted by molar-refractivity contribution is 0.167. The van der Waals surface area contributed by atoms with Crippen molar-refractivity contribution in [2.75, 3.05) is 6.54 Å². The lowest BCUT2D eigenvalue weighted by Crippen LogP contribution is -2.41. The molecule has 2 unspecified atom stereocenters. The summed E-state index contributed by atoms with van der Waals surface area (Å²) in [5, 5.41) is 3.57. The predicted molar refractivity (Wildman–Crippen MR) is 80.9 cm³/mol. The Balaban J connectivity index is 1.95. The molecule has 0 fully saturated rings. The lowest BCUT2D eigenvalue weighted by Gasteiger charge is -2.25. The number of hydrogen-bond donors (Lipinski definition) is 1. The van der Waals surface area contributed by atoms with Crippen molar-refractivity contribution in [3.8, 4) is 5.75 Å². The molecule has 1 aromatic rings. The molecule has 0 aliphatic heterocycles. The topological polar surface area (TPSA) is 21.3 Å². The van der Waals surface area contributed by atoms with Crippen LogP contribution in [-0.4, -0.2) is 18.7 Å². The normalized spacial score (nSPS) is 17.0. The third-order valence-corrected chi connectivity index (χ3v) is 4.05. The van der Waals surface area contributed by atoms with Crippen LogP contribution in [-0.2, 0) is 12.8 Å². The zero-order valence-corrected chi connectivity index (χ0v) is 12.5. The van der Waals surface area contributed by atoms with E-state index in [1.165, 1.54) is 36.8 Å². The molecule has 2 atom stereocenters. The smallest absolute Gasteiger partial charge is 0.120 e. The average Bonchev–Trinajstić information content (AvgIpc) is 2.87. The number of benzene rings is 1. The highest BCUT2D eigenvalue weighted by Gasteiger charge is 2.17. The fraction of sp³-hybridized carbons (Fsp3) is 0.647. The molecule has 0 radical (unpaired) electrons. The van der Waals surface area contributed by atoms with Crippen molar-refractivity contribution in [3.63, 3.8) is 0 Å². The maximum atomic E-state index is 6.13. The Labute approximate surface area is 117 Å². The second-order valence-electron chi connectivity index (χ2n) is 5.58. The summed E-state index contributed by atoms with van der Waals surface area (Å²) in [7, 11) is 0. The van der Waals surface area contributed by atoms with Gasteiger partial charge in [-0.15, -0.1) is 0 Å². The third kappa shape index (κ3) is 3.73. The fourth-order valence-corrected chi connectivity index (χ4v) is 2.89. The Morgan fingerprint density at radius 2 is 2.00 bits per heavy atom. The van der Waals surface area contributed by atoms with E-state index in [1.807, 2.05) is 0 Å². The molecule has 0 amide bonds. The maximum absolute atomic E-state index is 6.13. The van der Waals surface area contributed by atoms with E-state index in [1.54, 1.807) is 0 Å². The van der Waals surface area contributed by atoms with Crippen LogP contribution in [0.15, 0.2) is 18.2 Å².